The molecule has 1 aliphatic rings. The highest BCUT2D eigenvalue weighted by Crippen LogP contribution is 2.29. The van der Waals surface area contributed by atoms with Crippen LogP contribution < -0.4 is 5.32 Å². The third kappa shape index (κ3) is 5.16. The molecule has 0 aliphatic carbocycles. The molecule has 0 bridgehead atoms. The second-order valence-electron chi connectivity index (χ2n) is 6.09. The minimum atomic E-state index is 0.305. The SMILES string of the molecule is CCNC(=NCCc1ncc(CC)s1)N1CCSC(C)(C)C1. The van der Waals surface area contributed by atoms with Crippen LogP contribution in [0.2, 0.25) is 0 Å². The molecule has 124 valence electrons. The van der Waals surface area contributed by atoms with Crippen molar-refractivity contribution in [1.82, 2.24) is 15.2 Å². The molecule has 2 heterocycles. The quantitative estimate of drug-likeness (QED) is 0.661. The van der Waals surface area contributed by atoms with Crippen LogP contribution in [0, 0.1) is 0 Å². The summed E-state index contributed by atoms with van der Waals surface area (Å²) in [7, 11) is 0. The van der Waals surface area contributed by atoms with E-state index in [1.165, 1.54) is 15.6 Å². The Hall–Kier alpha value is -0.750. The maximum atomic E-state index is 4.82. The zero-order valence-corrected chi connectivity index (χ0v) is 15.8. The molecule has 1 fully saturated rings. The first-order valence-electron chi connectivity index (χ1n) is 8.15. The molecule has 4 nitrogen and oxygen atoms in total. The largest absolute Gasteiger partial charge is 0.357 e. The summed E-state index contributed by atoms with van der Waals surface area (Å²) < 4.78 is 0.305. The van der Waals surface area contributed by atoms with Gasteiger partial charge in [-0.1, -0.05) is 6.92 Å². The van der Waals surface area contributed by atoms with E-state index in [9.17, 15) is 0 Å². The Bertz CT molecular complexity index is 496. The summed E-state index contributed by atoms with van der Waals surface area (Å²) >= 11 is 3.87. The molecule has 0 spiro atoms. The van der Waals surface area contributed by atoms with Crippen molar-refractivity contribution in [2.75, 3.05) is 31.9 Å². The number of thioether (sulfide) groups is 1. The Labute approximate surface area is 142 Å². The Morgan fingerprint density at radius 2 is 2.27 bits per heavy atom. The molecule has 6 heteroatoms. The summed E-state index contributed by atoms with van der Waals surface area (Å²) in [6, 6.07) is 0. The highest BCUT2D eigenvalue weighted by atomic mass is 32.2. The summed E-state index contributed by atoms with van der Waals surface area (Å²) in [6.07, 6.45) is 4.01. The van der Waals surface area contributed by atoms with Gasteiger partial charge in [0.25, 0.3) is 0 Å². The molecule has 22 heavy (non-hydrogen) atoms. The molecule has 0 unspecified atom stereocenters. The molecular formula is C16H28N4S2. The number of hydrogen-bond donors (Lipinski definition) is 1. The van der Waals surface area contributed by atoms with Gasteiger partial charge in [0.05, 0.1) is 5.01 Å². The predicted molar refractivity (Wildman–Crippen MR) is 99.3 cm³/mol. The van der Waals surface area contributed by atoms with Crippen LogP contribution in [0.25, 0.3) is 0 Å². The first-order valence-corrected chi connectivity index (χ1v) is 9.95. The fourth-order valence-electron chi connectivity index (χ4n) is 2.51. The van der Waals surface area contributed by atoms with E-state index in [0.29, 0.717) is 4.75 Å². The van der Waals surface area contributed by atoms with E-state index < -0.39 is 0 Å². The maximum absolute atomic E-state index is 4.82. The second-order valence-corrected chi connectivity index (χ2v) is 9.09. The Morgan fingerprint density at radius 3 is 2.91 bits per heavy atom. The smallest absolute Gasteiger partial charge is 0.193 e. The number of aryl methyl sites for hydroxylation is 1. The second kappa shape index (κ2) is 8.20. The van der Waals surface area contributed by atoms with Crippen molar-refractivity contribution in [3.63, 3.8) is 0 Å². The van der Waals surface area contributed by atoms with Gasteiger partial charge in [-0.2, -0.15) is 11.8 Å². The van der Waals surface area contributed by atoms with E-state index in [4.69, 9.17) is 4.99 Å². The van der Waals surface area contributed by atoms with Crippen LogP contribution in [0.4, 0.5) is 0 Å². The van der Waals surface area contributed by atoms with Gasteiger partial charge in [0.1, 0.15) is 0 Å². The Kier molecular flexibility index (Phi) is 6.56. The molecule has 1 aromatic heterocycles. The van der Waals surface area contributed by atoms with Crippen molar-refractivity contribution in [1.29, 1.82) is 0 Å². The topological polar surface area (TPSA) is 40.5 Å². The molecule has 1 N–H and O–H groups in total. The number of guanidine groups is 1. The molecule has 0 radical (unpaired) electrons. The predicted octanol–water partition coefficient (Wildman–Crippen LogP) is 3.04. The molecule has 0 amide bonds. The number of hydrogen-bond acceptors (Lipinski definition) is 4. The number of nitrogens with one attached hydrogen (secondary N) is 1. The Morgan fingerprint density at radius 1 is 1.45 bits per heavy atom. The van der Waals surface area contributed by atoms with Gasteiger partial charge in [0, 0.05) is 54.2 Å². The number of rotatable bonds is 5. The van der Waals surface area contributed by atoms with Crippen molar-refractivity contribution in [3.8, 4) is 0 Å². The first kappa shape index (κ1) is 17.6. The van der Waals surface area contributed by atoms with E-state index in [2.05, 4.69) is 54.7 Å². The van der Waals surface area contributed by atoms with Crippen LogP contribution >= 0.6 is 23.1 Å². The standard InChI is InChI=1S/C16H28N4S2/c1-5-13-11-19-14(22-13)7-8-18-15(17-6-2)20-9-10-21-16(3,4)12-20/h11H,5-10,12H2,1-4H3,(H,17,18). The van der Waals surface area contributed by atoms with Crippen LogP contribution in [0.3, 0.4) is 0 Å². The third-order valence-electron chi connectivity index (χ3n) is 3.60. The summed E-state index contributed by atoms with van der Waals surface area (Å²) in [4.78, 5) is 13.1. The average molecular weight is 341 g/mol. The molecule has 1 aliphatic heterocycles. The summed E-state index contributed by atoms with van der Waals surface area (Å²) in [6.45, 7) is 12.8. The van der Waals surface area contributed by atoms with Crippen LogP contribution in [0.1, 0.15) is 37.6 Å². The minimum Gasteiger partial charge on any atom is -0.357 e. The van der Waals surface area contributed by atoms with Gasteiger partial charge < -0.3 is 10.2 Å². The molecule has 0 saturated carbocycles. The number of aromatic nitrogens is 1. The lowest BCUT2D eigenvalue weighted by atomic mass is 10.2. The van der Waals surface area contributed by atoms with E-state index in [1.807, 2.05) is 17.5 Å². The first-order chi connectivity index (χ1) is 10.5. The monoisotopic (exact) mass is 340 g/mol. The highest BCUT2D eigenvalue weighted by Gasteiger charge is 2.28. The minimum absolute atomic E-state index is 0.305. The van der Waals surface area contributed by atoms with Crippen LogP contribution in [0.5, 0.6) is 0 Å². The number of aliphatic imine (C=N–C) groups is 1. The van der Waals surface area contributed by atoms with Gasteiger partial charge in [0.15, 0.2) is 5.96 Å². The van der Waals surface area contributed by atoms with Gasteiger partial charge in [-0.05, 0) is 27.2 Å². The summed E-state index contributed by atoms with van der Waals surface area (Å²) in [5, 5.41) is 4.64. The molecule has 0 atom stereocenters. The maximum Gasteiger partial charge on any atom is 0.193 e. The zero-order chi connectivity index (χ0) is 16.0. The van der Waals surface area contributed by atoms with Gasteiger partial charge in [-0.3, -0.25) is 4.99 Å². The van der Waals surface area contributed by atoms with E-state index in [1.54, 1.807) is 0 Å². The van der Waals surface area contributed by atoms with E-state index in [0.717, 1.165) is 45.0 Å². The lowest BCUT2D eigenvalue weighted by Crippen LogP contribution is -2.51. The van der Waals surface area contributed by atoms with Gasteiger partial charge in [0.2, 0.25) is 0 Å². The van der Waals surface area contributed by atoms with Gasteiger partial charge >= 0.3 is 0 Å². The zero-order valence-electron chi connectivity index (χ0n) is 14.2. The van der Waals surface area contributed by atoms with Crippen LogP contribution in [-0.2, 0) is 12.8 Å². The summed E-state index contributed by atoms with van der Waals surface area (Å²) in [5.74, 6) is 2.23. The van der Waals surface area contributed by atoms with Crippen molar-refractivity contribution in [2.24, 2.45) is 4.99 Å². The van der Waals surface area contributed by atoms with Crippen molar-refractivity contribution in [3.05, 3.63) is 16.1 Å². The molecule has 1 saturated heterocycles. The molecule has 1 aromatic rings. The van der Waals surface area contributed by atoms with Crippen molar-refractivity contribution < 1.29 is 0 Å². The number of nitrogens with zero attached hydrogens (tertiary/aromatic N) is 3. The fraction of sp³-hybridized carbons (Fsp3) is 0.750. The van der Waals surface area contributed by atoms with Crippen molar-refractivity contribution in [2.45, 2.75) is 45.3 Å². The fourth-order valence-corrected chi connectivity index (χ4v) is 4.47. The Balaban J connectivity index is 1.94. The lowest BCUT2D eigenvalue weighted by Gasteiger charge is -2.39. The summed E-state index contributed by atoms with van der Waals surface area (Å²) in [5.41, 5.74) is 0. The van der Waals surface area contributed by atoms with Crippen LogP contribution in [0.15, 0.2) is 11.2 Å². The van der Waals surface area contributed by atoms with E-state index in [-0.39, 0.29) is 0 Å². The molecule has 2 rings (SSSR count). The average Bonchev–Trinajstić information content (AvgIpc) is 2.93. The molecular weight excluding hydrogens is 312 g/mol. The lowest BCUT2D eigenvalue weighted by molar-refractivity contribution is 0.376. The van der Waals surface area contributed by atoms with Gasteiger partial charge in [-0.15, -0.1) is 11.3 Å². The third-order valence-corrected chi connectivity index (χ3v) is 6.10. The highest BCUT2D eigenvalue weighted by molar-refractivity contribution is 8.00. The van der Waals surface area contributed by atoms with E-state index >= 15 is 0 Å². The van der Waals surface area contributed by atoms with Gasteiger partial charge in [-0.25, -0.2) is 4.98 Å². The molecule has 0 aromatic carbocycles. The normalized spacial score (nSPS) is 18.5. The van der Waals surface area contributed by atoms with Crippen LogP contribution in [-0.4, -0.2) is 52.5 Å². The number of thiazole rings is 1. The van der Waals surface area contributed by atoms with Crippen molar-refractivity contribution >= 4 is 29.1 Å².